The highest BCUT2D eigenvalue weighted by Gasteiger charge is 2.12. The molecule has 0 atom stereocenters. The largest absolute Gasteiger partial charge is 0.759 e. The predicted molar refractivity (Wildman–Crippen MR) is 78.1 cm³/mol. The maximum Gasteiger partial charge on any atom is 0.0998 e. The van der Waals surface area contributed by atoms with Gasteiger partial charge in [0.1, 0.15) is 0 Å². The number of pyridine rings is 1. The molecular formula is C13H4BrN3S2-2. The SMILES string of the molecule is N#Cc1c([S-])nc([S-])c(C#N)c1-c1ccc(Br)cc1. The van der Waals surface area contributed by atoms with Gasteiger partial charge in [0.05, 0.1) is 23.3 Å². The molecule has 0 aliphatic heterocycles. The second-order valence-corrected chi connectivity index (χ2v) is 5.27. The highest BCUT2D eigenvalue weighted by atomic mass is 79.9. The van der Waals surface area contributed by atoms with Crippen molar-refractivity contribution in [1.29, 1.82) is 10.5 Å². The van der Waals surface area contributed by atoms with E-state index < -0.39 is 0 Å². The fraction of sp³-hybridized carbons (Fsp3) is 0. The standard InChI is InChI=1S/C13H6BrN3S2/c14-8-3-1-7(2-4-8)11-9(5-15)12(18)17-13(19)10(11)6-16/h1-4H,(H2,17,18,19)/p-2. The van der Waals surface area contributed by atoms with Crippen LogP contribution in [0.5, 0.6) is 0 Å². The van der Waals surface area contributed by atoms with Gasteiger partial charge < -0.3 is 30.2 Å². The summed E-state index contributed by atoms with van der Waals surface area (Å²) < 4.78 is 0.902. The molecule has 1 aromatic heterocycles. The summed E-state index contributed by atoms with van der Waals surface area (Å²) in [6.07, 6.45) is 0. The van der Waals surface area contributed by atoms with E-state index in [0.29, 0.717) is 5.56 Å². The summed E-state index contributed by atoms with van der Waals surface area (Å²) in [6.45, 7) is 0. The Kier molecular flexibility index (Phi) is 3.96. The number of halogens is 1. The molecule has 0 N–H and O–H groups in total. The van der Waals surface area contributed by atoms with E-state index in [1.165, 1.54) is 0 Å². The van der Waals surface area contributed by atoms with E-state index in [4.69, 9.17) is 25.3 Å². The lowest BCUT2D eigenvalue weighted by molar-refractivity contribution is 0.992. The van der Waals surface area contributed by atoms with Crippen LogP contribution in [-0.4, -0.2) is 4.98 Å². The normalized spacial score (nSPS) is 9.63. The topological polar surface area (TPSA) is 60.5 Å². The summed E-state index contributed by atoms with van der Waals surface area (Å²) in [4.78, 5) is 3.89. The Morgan fingerprint density at radius 1 is 0.947 bits per heavy atom. The van der Waals surface area contributed by atoms with Gasteiger partial charge in [-0.3, -0.25) is 0 Å². The maximum absolute atomic E-state index is 9.22. The average molecular weight is 346 g/mol. The fourth-order valence-corrected chi connectivity index (χ4v) is 2.46. The zero-order valence-corrected chi connectivity index (χ0v) is 12.6. The molecule has 19 heavy (non-hydrogen) atoms. The van der Waals surface area contributed by atoms with Crippen molar-refractivity contribution in [3.8, 4) is 23.3 Å². The van der Waals surface area contributed by atoms with E-state index in [9.17, 15) is 10.5 Å². The van der Waals surface area contributed by atoms with E-state index in [-0.39, 0.29) is 21.2 Å². The van der Waals surface area contributed by atoms with Gasteiger partial charge in [-0.25, -0.2) is 0 Å². The Labute approximate surface area is 129 Å². The Hall–Kier alpha value is -1.73. The Balaban J connectivity index is 2.85. The van der Waals surface area contributed by atoms with Gasteiger partial charge in [-0.2, -0.15) is 10.5 Å². The van der Waals surface area contributed by atoms with Crippen molar-refractivity contribution in [2.75, 3.05) is 0 Å². The molecule has 0 radical (unpaired) electrons. The summed E-state index contributed by atoms with van der Waals surface area (Å²) in [5.74, 6) is 0. The number of nitriles is 2. The third kappa shape index (κ3) is 2.52. The predicted octanol–water partition coefficient (Wildman–Crippen LogP) is 3.07. The Morgan fingerprint density at radius 2 is 1.42 bits per heavy atom. The van der Waals surface area contributed by atoms with E-state index >= 15 is 0 Å². The first-order valence-corrected chi connectivity index (χ1v) is 6.67. The van der Waals surface area contributed by atoms with Gasteiger partial charge in [0, 0.05) is 10.0 Å². The van der Waals surface area contributed by atoms with Gasteiger partial charge in [0.2, 0.25) is 0 Å². The van der Waals surface area contributed by atoms with Gasteiger partial charge in [0.15, 0.2) is 0 Å². The Morgan fingerprint density at radius 3 is 1.84 bits per heavy atom. The lowest BCUT2D eigenvalue weighted by Gasteiger charge is -2.20. The number of aromatic nitrogens is 1. The molecule has 0 aliphatic rings. The molecule has 0 spiro atoms. The zero-order valence-electron chi connectivity index (χ0n) is 9.35. The summed E-state index contributed by atoms with van der Waals surface area (Å²) in [5, 5.41) is 18.7. The summed E-state index contributed by atoms with van der Waals surface area (Å²) >= 11 is 13.4. The van der Waals surface area contributed by atoms with Crippen LogP contribution in [0.2, 0.25) is 0 Å². The van der Waals surface area contributed by atoms with Crippen LogP contribution in [0.15, 0.2) is 38.8 Å². The van der Waals surface area contributed by atoms with Crippen LogP contribution in [0.1, 0.15) is 11.1 Å². The van der Waals surface area contributed by atoms with Crippen molar-refractivity contribution in [2.24, 2.45) is 0 Å². The van der Waals surface area contributed by atoms with Gasteiger partial charge >= 0.3 is 0 Å². The highest BCUT2D eigenvalue weighted by Crippen LogP contribution is 2.31. The molecule has 6 heteroatoms. The molecule has 0 aliphatic carbocycles. The Bertz CT molecular complexity index is 689. The third-order valence-corrected chi connectivity index (χ3v) is 3.61. The van der Waals surface area contributed by atoms with Crippen LogP contribution in [0.4, 0.5) is 0 Å². The van der Waals surface area contributed by atoms with Crippen LogP contribution >= 0.6 is 15.9 Å². The lowest BCUT2D eigenvalue weighted by atomic mass is 9.98. The third-order valence-electron chi connectivity index (χ3n) is 2.49. The molecule has 2 aromatic rings. The van der Waals surface area contributed by atoms with Crippen LogP contribution in [0, 0.1) is 22.7 Å². The van der Waals surface area contributed by atoms with Crippen molar-refractivity contribution < 1.29 is 0 Å². The van der Waals surface area contributed by atoms with Crippen LogP contribution in [0.3, 0.4) is 0 Å². The smallest absolute Gasteiger partial charge is 0.0998 e. The number of hydrogen-bond donors (Lipinski definition) is 0. The molecule has 1 heterocycles. The molecule has 3 nitrogen and oxygen atoms in total. The molecule has 0 saturated carbocycles. The first-order chi connectivity index (χ1) is 9.08. The summed E-state index contributed by atoms with van der Waals surface area (Å²) in [5.41, 5.74) is 1.60. The molecular weight excluding hydrogens is 342 g/mol. The minimum absolute atomic E-state index is 0.129. The maximum atomic E-state index is 9.22. The molecule has 1 aromatic carbocycles. The van der Waals surface area contributed by atoms with E-state index in [0.717, 1.165) is 10.0 Å². The van der Waals surface area contributed by atoms with E-state index in [1.807, 2.05) is 24.3 Å². The minimum Gasteiger partial charge on any atom is -0.759 e. The van der Waals surface area contributed by atoms with Crippen molar-refractivity contribution in [1.82, 2.24) is 4.98 Å². The van der Waals surface area contributed by atoms with Crippen LogP contribution < -0.4 is 0 Å². The van der Waals surface area contributed by atoms with Crippen molar-refractivity contribution >= 4 is 41.2 Å². The first-order valence-electron chi connectivity index (χ1n) is 5.06. The fourth-order valence-electron chi connectivity index (χ4n) is 1.66. The molecule has 0 saturated heterocycles. The van der Waals surface area contributed by atoms with Gasteiger partial charge in [0.25, 0.3) is 0 Å². The summed E-state index contributed by atoms with van der Waals surface area (Å²) in [7, 11) is 0. The number of hydrogen-bond acceptors (Lipinski definition) is 5. The number of benzene rings is 1. The molecule has 2 rings (SSSR count). The molecule has 92 valence electrons. The van der Waals surface area contributed by atoms with E-state index in [1.54, 1.807) is 12.1 Å². The number of rotatable bonds is 1. The average Bonchev–Trinajstić information content (AvgIpc) is 2.39. The first kappa shape index (κ1) is 13.7. The van der Waals surface area contributed by atoms with Crippen LogP contribution in [0.25, 0.3) is 11.1 Å². The lowest BCUT2D eigenvalue weighted by Crippen LogP contribution is -2.00. The minimum atomic E-state index is 0.129. The van der Waals surface area contributed by atoms with Gasteiger partial charge in [-0.15, -0.1) is 0 Å². The van der Waals surface area contributed by atoms with Crippen molar-refractivity contribution in [3.63, 3.8) is 0 Å². The van der Waals surface area contributed by atoms with Gasteiger partial charge in [-0.1, -0.05) is 38.1 Å². The van der Waals surface area contributed by atoms with Crippen molar-refractivity contribution in [3.05, 3.63) is 39.9 Å². The number of nitrogens with zero attached hydrogens (tertiary/aromatic N) is 3. The quantitative estimate of drug-likeness (QED) is 0.743. The molecule has 0 fully saturated rings. The second-order valence-electron chi connectivity index (χ2n) is 3.58. The molecule has 0 unspecified atom stereocenters. The van der Waals surface area contributed by atoms with E-state index in [2.05, 4.69) is 20.9 Å². The summed E-state index contributed by atoms with van der Waals surface area (Å²) in [6, 6.07) is 11.2. The zero-order chi connectivity index (χ0) is 14.0. The van der Waals surface area contributed by atoms with Crippen LogP contribution in [-0.2, 0) is 25.3 Å². The van der Waals surface area contributed by atoms with Crippen molar-refractivity contribution in [2.45, 2.75) is 10.1 Å². The van der Waals surface area contributed by atoms with Gasteiger partial charge in [-0.05, 0) is 17.7 Å². The highest BCUT2D eigenvalue weighted by molar-refractivity contribution is 9.10. The molecule has 0 amide bonds. The second kappa shape index (κ2) is 5.50. The monoisotopic (exact) mass is 345 g/mol. The molecule has 0 bridgehead atoms.